The second-order valence-electron chi connectivity index (χ2n) is 6.19. The lowest BCUT2D eigenvalue weighted by Crippen LogP contribution is -2.15. The average molecular weight is 420 g/mol. The average Bonchev–Trinajstić information content (AvgIpc) is 2.70. The summed E-state index contributed by atoms with van der Waals surface area (Å²) in [6, 6.07) is 7.98. The molecule has 6 nitrogen and oxygen atoms in total. The number of aryl methyl sites for hydroxylation is 1. The Labute approximate surface area is 169 Å². The number of alkyl halides is 3. The van der Waals surface area contributed by atoms with Crippen molar-refractivity contribution in [2.24, 2.45) is 0 Å². The molecular weight excluding hydrogens is 404 g/mol. The van der Waals surface area contributed by atoms with Crippen molar-refractivity contribution in [3.8, 4) is 11.6 Å². The summed E-state index contributed by atoms with van der Waals surface area (Å²) in [6.45, 7) is 1.90. The lowest BCUT2D eigenvalue weighted by Gasteiger charge is -2.10. The number of amides is 1. The fraction of sp³-hybridized carbons (Fsp3) is 0.200. The summed E-state index contributed by atoms with van der Waals surface area (Å²) in [7, 11) is 0. The van der Waals surface area contributed by atoms with Crippen LogP contribution in [0.5, 0.6) is 11.6 Å². The molecular formula is C20H16F4N4O2. The van der Waals surface area contributed by atoms with E-state index in [1.165, 1.54) is 12.1 Å². The summed E-state index contributed by atoms with van der Waals surface area (Å²) in [5, 5.41) is 2.67. The monoisotopic (exact) mass is 420 g/mol. The summed E-state index contributed by atoms with van der Waals surface area (Å²) in [4.78, 5) is 23.8. The van der Waals surface area contributed by atoms with Crippen molar-refractivity contribution in [2.45, 2.75) is 25.9 Å². The third kappa shape index (κ3) is 5.49. The molecule has 0 fully saturated rings. The number of hydrogen-bond donors (Lipinski definition) is 1. The number of pyridine rings is 1. The fourth-order valence-corrected chi connectivity index (χ4v) is 2.45. The predicted molar refractivity (Wildman–Crippen MR) is 99.5 cm³/mol. The first-order valence-corrected chi connectivity index (χ1v) is 8.86. The van der Waals surface area contributed by atoms with Gasteiger partial charge in [-0.2, -0.15) is 13.2 Å². The van der Waals surface area contributed by atoms with Crippen LogP contribution in [0.1, 0.15) is 23.9 Å². The van der Waals surface area contributed by atoms with Crippen LogP contribution < -0.4 is 10.1 Å². The molecule has 0 unspecified atom stereocenters. The van der Waals surface area contributed by atoms with Gasteiger partial charge in [0, 0.05) is 18.8 Å². The molecule has 0 aliphatic heterocycles. The van der Waals surface area contributed by atoms with E-state index >= 15 is 0 Å². The Bertz CT molecular complexity index is 1040. The molecule has 2 aromatic heterocycles. The van der Waals surface area contributed by atoms with Gasteiger partial charge in [-0.15, -0.1) is 0 Å². The number of rotatable bonds is 6. The molecule has 30 heavy (non-hydrogen) atoms. The van der Waals surface area contributed by atoms with Gasteiger partial charge in [-0.25, -0.2) is 19.3 Å². The zero-order valence-electron chi connectivity index (χ0n) is 15.7. The van der Waals surface area contributed by atoms with E-state index in [0.29, 0.717) is 35.9 Å². The minimum atomic E-state index is -4.70. The highest BCUT2D eigenvalue weighted by Crippen LogP contribution is 2.31. The van der Waals surface area contributed by atoms with Gasteiger partial charge in [0.25, 0.3) is 5.88 Å². The number of carbonyl (C=O) groups is 1. The number of aromatic nitrogens is 3. The lowest BCUT2D eigenvalue weighted by molar-refractivity contribution is -0.138. The van der Waals surface area contributed by atoms with Crippen LogP contribution in [0.25, 0.3) is 0 Å². The van der Waals surface area contributed by atoms with Crippen LogP contribution in [0, 0.1) is 5.82 Å². The summed E-state index contributed by atoms with van der Waals surface area (Å²) in [6.07, 6.45) is -1.95. The summed E-state index contributed by atoms with van der Waals surface area (Å²) in [5.74, 6) is -0.934. The van der Waals surface area contributed by atoms with E-state index in [0.717, 1.165) is 0 Å². The zero-order valence-corrected chi connectivity index (χ0v) is 15.7. The molecule has 0 spiro atoms. The fourth-order valence-electron chi connectivity index (χ4n) is 2.45. The number of hydrogen-bond acceptors (Lipinski definition) is 5. The molecule has 3 rings (SSSR count). The third-order valence-corrected chi connectivity index (χ3v) is 3.93. The molecule has 3 aromatic rings. The second kappa shape index (κ2) is 8.85. The minimum Gasteiger partial charge on any atom is -0.436 e. The Hall–Kier alpha value is -3.56. The number of nitrogens with zero attached hydrogens (tertiary/aromatic N) is 3. The van der Waals surface area contributed by atoms with Gasteiger partial charge in [0.05, 0.1) is 12.0 Å². The van der Waals surface area contributed by atoms with Crippen molar-refractivity contribution in [1.29, 1.82) is 0 Å². The number of carbonyl (C=O) groups excluding carboxylic acids is 1. The molecule has 10 heteroatoms. The zero-order chi connectivity index (χ0) is 21.7. The summed E-state index contributed by atoms with van der Waals surface area (Å²) >= 11 is 0. The molecule has 0 saturated heterocycles. The van der Waals surface area contributed by atoms with Crippen molar-refractivity contribution in [3.63, 3.8) is 0 Å². The molecule has 0 radical (unpaired) electrons. The Kier molecular flexibility index (Phi) is 6.24. The van der Waals surface area contributed by atoms with Crippen LogP contribution in [0.15, 0.2) is 48.8 Å². The van der Waals surface area contributed by atoms with Gasteiger partial charge in [0.15, 0.2) is 5.82 Å². The Morgan fingerprint density at radius 3 is 2.50 bits per heavy atom. The van der Waals surface area contributed by atoms with Crippen LogP contribution in [0.4, 0.5) is 23.4 Å². The van der Waals surface area contributed by atoms with Crippen LogP contribution in [-0.2, 0) is 23.8 Å². The largest absolute Gasteiger partial charge is 0.436 e. The third-order valence-electron chi connectivity index (χ3n) is 3.93. The molecule has 0 atom stereocenters. The molecule has 0 saturated carbocycles. The molecule has 1 N–H and O–H groups in total. The first kappa shape index (κ1) is 21.2. The van der Waals surface area contributed by atoms with Crippen molar-refractivity contribution < 1.29 is 27.1 Å². The number of ether oxygens (including phenoxy) is 1. The molecule has 0 aliphatic carbocycles. The van der Waals surface area contributed by atoms with Crippen molar-refractivity contribution in [2.75, 3.05) is 5.32 Å². The van der Waals surface area contributed by atoms with E-state index in [9.17, 15) is 22.4 Å². The number of anilines is 1. The lowest BCUT2D eigenvalue weighted by atomic mass is 10.1. The summed E-state index contributed by atoms with van der Waals surface area (Å²) in [5.41, 5.74) is -0.561. The van der Waals surface area contributed by atoms with Crippen molar-refractivity contribution in [3.05, 3.63) is 71.6 Å². The van der Waals surface area contributed by atoms with Crippen molar-refractivity contribution >= 4 is 11.7 Å². The number of benzene rings is 1. The maximum absolute atomic E-state index is 13.8. The van der Waals surface area contributed by atoms with Gasteiger partial charge in [0.2, 0.25) is 5.91 Å². The van der Waals surface area contributed by atoms with E-state index in [4.69, 9.17) is 4.74 Å². The molecule has 0 bridgehead atoms. The normalized spacial score (nSPS) is 11.2. The van der Waals surface area contributed by atoms with Gasteiger partial charge in [-0.05, 0) is 29.8 Å². The van der Waals surface area contributed by atoms with E-state index in [2.05, 4.69) is 20.3 Å². The summed E-state index contributed by atoms with van der Waals surface area (Å²) < 4.78 is 56.7. The van der Waals surface area contributed by atoms with Crippen molar-refractivity contribution in [1.82, 2.24) is 15.0 Å². The molecule has 1 aromatic carbocycles. The van der Waals surface area contributed by atoms with Gasteiger partial charge < -0.3 is 10.1 Å². The van der Waals surface area contributed by atoms with Crippen LogP contribution in [0.3, 0.4) is 0 Å². The Morgan fingerprint density at radius 2 is 1.87 bits per heavy atom. The first-order chi connectivity index (χ1) is 14.2. The van der Waals surface area contributed by atoms with E-state index in [1.54, 1.807) is 24.4 Å². The highest BCUT2D eigenvalue weighted by atomic mass is 19.4. The van der Waals surface area contributed by atoms with Crippen LogP contribution >= 0.6 is 0 Å². The van der Waals surface area contributed by atoms with Gasteiger partial charge in [0.1, 0.15) is 17.4 Å². The molecule has 2 heterocycles. The van der Waals surface area contributed by atoms with Gasteiger partial charge >= 0.3 is 6.18 Å². The molecule has 156 valence electrons. The molecule has 1 amide bonds. The Morgan fingerprint density at radius 1 is 1.13 bits per heavy atom. The molecule has 0 aliphatic rings. The first-order valence-electron chi connectivity index (χ1n) is 8.86. The van der Waals surface area contributed by atoms with E-state index in [1.807, 2.05) is 6.92 Å². The smallest absolute Gasteiger partial charge is 0.417 e. The van der Waals surface area contributed by atoms with E-state index < -0.39 is 23.4 Å². The van der Waals surface area contributed by atoms with Crippen LogP contribution in [0.2, 0.25) is 0 Å². The standard InChI is InChI=1S/C20H16F4N4O2/c1-2-16-25-8-7-17(27-16)28-18(29)9-12-3-5-14(6-4-12)30-19-15(21)10-13(11-26-19)20(22,23)24/h3-8,10-11H,2,9H2,1H3,(H,25,27,28,29). The highest BCUT2D eigenvalue weighted by Gasteiger charge is 2.32. The quantitative estimate of drug-likeness (QED) is 0.592. The van der Waals surface area contributed by atoms with Crippen LogP contribution in [-0.4, -0.2) is 20.9 Å². The number of halogens is 4. The van der Waals surface area contributed by atoms with Gasteiger partial charge in [-0.1, -0.05) is 19.1 Å². The minimum absolute atomic E-state index is 0.0542. The maximum atomic E-state index is 13.8. The second-order valence-corrected chi connectivity index (χ2v) is 6.19. The highest BCUT2D eigenvalue weighted by molar-refractivity contribution is 5.91. The topological polar surface area (TPSA) is 77.0 Å². The maximum Gasteiger partial charge on any atom is 0.417 e. The van der Waals surface area contributed by atoms with E-state index in [-0.39, 0.29) is 18.1 Å². The van der Waals surface area contributed by atoms with Gasteiger partial charge in [-0.3, -0.25) is 4.79 Å². The predicted octanol–water partition coefficient (Wildman–Crippen LogP) is 4.57. The number of nitrogens with one attached hydrogen (secondary N) is 1. The SMILES string of the molecule is CCc1nccc(NC(=O)Cc2ccc(Oc3ncc(C(F)(F)F)cc3F)cc2)n1. The Balaban J connectivity index is 1.61.